The standard InChI is InChI=1S/C18H18O5/c1-5-12-6-7-14(15(8-12)20-2)23-18-16(21-3)9-13(11-19)10-17(18)22-4/h5-11H,1H2,2-4H3. The van der Waals surface area contributed by atoms with Crippen molar-refractivity contribution in [2.45, 2.75) is 0 Å². The lowest BCUT2D eigenvalue weighted by Crippen LogP contribution is -1.98. The minimum atomic E-state index is 0.366. The highest BCUT2D eigenvalue weighted by atomic mass is 16.5. The Morgan fingerprint density at radius 1 is 0.826 bits per heavy atom. The van der Waals surface area contributed by atoms with Gasteiger partial charge in [0.05, 0.1) is 21.3 Å². The average molecular weight is 314 g/mol. The molecule has 2 rings (SSSR count). The molecule has 23 heavy (non-hydrogen) atoms. The van der Waals surface area contributed by atoms with Crippen LogP contribution >= 0.6 is 0 Å². The van der Waals surface area contributed by atoms with Crippen LogP contribution < -0.4 is 18.9 Å². The Hall–Kier alpha value is -2.95. The molecular formula is C18H18O5. The first-order valence-corrected chi connectivity index (χ1v) is 6.86. The number of benzene rings is 2. The molecule has 0 atom stereocenters. The topological polar surface area (TPSA) is 54.0 Å². The molecule has 0 radical (unpaired) electrons. The lowest BCUT2D eigenvalue weighted by Gasteiger charge is -2.16. The molecule has 5 heteroatoms. The first-order valence-electron chi connectivity index (χ1n) is 6.86. The molecule has 5 nitrogen and oxygen atoms in total. The van der Waals surface area contributed by atoms with Gasteiger partial charge >= 0.3 is 0 Å². The molecule has 0 aliphatic rings. The van der Waals surface area contributed by atoms with E-state index >= 15 is 0 Å². The molecule has 2 aromatic rings. The van der Waals surface area contributed by atoms with Crippen molar-refractivity contribution < 1.29 is 23.7 Å². The summed E-state index contributed by atoms with van der Waals surface area (Å²) in [7, 11) is 4.54. The van der Waals surface area contributed by atoms with E-state index in [2.05, 4.69) is 6.58 Å². The van der Waals surface area contributed by atoms with Gasteiger partial charge in [0.2, 0.25) is 5.75 Å². The Morgan fingerprint density at radius 3 is 1.87 bits per heavy atom. The van der Waals surface area contributed by atoms with E-state index < -0.39 is 0 Å². The van der Waals surface area contributed by atoms with Gasteiger partial charge < -0.3 is 18.9 Å². The van der Waals surface area contributed by atoms with Crippen molar-refractivity contribution in [3.63, 3.8) is 0 Å². The maximum absolute atomic E-state index is 11.0. The quantitative estimate of drug-likeness (QED) is 0.724. The second-order valence-corrected chi connectivity index (χ2v) is 4.59. The summed E-state index contributed by atoms with van der Waals surface area (Å²) in [6.45, 7) is 3.72. The molecular weight excluding hydrogens is 296 g/mol. The van der Waals surface area contributed by atoms with Gasteiger partial charge in [-0.25, -0.2) is 0 Å². The van der Waals surface area contributed by atoms with Gasteiger partial charge in [0.15, 0.2) is 23.0 Å². The van der Waals surface area contributed by atoms with Crippen LogP contribution in [-0.2, 0) is 0 Å². The van der Waals surface area contributed by atoms with Gasteiger partial charge in [-0.1, -0.05) is 18.7 Å². The van der Waals surface area contributed by atoms with Crippen LogP contribution in [0.3, 0.4) is 0 Å². The van der Waals surface area contributed by atoms with E-state index in [4.69, 9.17) is 18.9 Å². The monoisotopic (exact) mass is 314 g/mol. The zero-order valence-corrected chi connectivity index (χ0v) is 13.3. The zero-order valence-electron chi connectivity index (χ0n) is 13.3. The smallest absolute Gasteiger partial charge is 0.211 e. The highest BCUT2D eigenvalue weighted by Gasteiger charge is 2.17. The number of hydrogen-bond donors (Lipinski definition) is 0. The predicted molar refractivity (Wildman–Crippen MR) is 88.1 cm³/mol. The van der Waals surface area contributed by atoms with Gasteiger partial charge in [0.1, 0.15) is 6.29 Å². The number of rotatable bonds is 7. The summed E-state index contributed by atoms with van der Waals surface area (Å²) in [6.07, 6.45) is 2.43. The largest absolute Gasteiger partial charge is 0.493 e. The maximum Gasteiger partial charge on any atom is 0.211 e. The van der Waals surface area contributed by atoms with Gasteiger partial charge in [-0.05, 0) is 29.8 Å². The van der Waals surface area contributed by atoms with E-state index in [9.17, 15) is 4.79 Å². The lowest BCUT2D eigenvalue weighted by atomic mass is 10.2. The molecule has 120 valence electrons. The number of methoxy groups -OCH3 is 3. The van der Waals surface area contributed by atoms with E-state index in [0.717, 1.165) is 5.56 Å². The highest BCUT2D eigenvalue weighted by Crippen LogP contribution is 2.43. The van der Waals surface area contributed by atoms with Crippen LogP contribution in [0.1, 0.15) is 15.9 Å². The molecule has 0 bridgehead atoms. The number of ether oxygens (including phenoxy) is 4. The third-order valence-corrected chi connectivity index (χ3v) is 3.25. The van der Waals surface area contributed by atoms with Crippen molar-refractivity contribution in [1.82, 2.24) is 0 Å². The molecule has 0 aliphatic heterocycles. The number of hydrogen-bond acceptors (Lipinski definition) is 5. The van der Waals surface area contributed by atoms with Crippen molar-refractivity contribution in [3.05, 3.63) is 48.0 Å². The van der Waals surface area contributed by atoms with E-state index in [1.165, 1.54) is 14.2 Å². The molecule has 0 aliphatic carbocycles. The van der Waals surface area contributed by atoms with Gasteiger partial charge in [0.25, 0.3) is 0 Å². The number of aldehydes is 1. The van der Waals surface area contributed by atoms with Gasteiger partial charge in [-0.2, -0.15) is 0 Å². The minimum absolute atomic E-state index is 0.366. The second-order valence-electron chi connectivity index (χ2n) is 4.59. The Bertz CT molecular complexity index is 696. The van der Waals surface area contributed by atoms with Crippen LogP contribution in [0.4, 0.5) is 0 Å². The predicted octanol–water partition coefficient (Wildman–Crippen LogP) is 3.96. The normalized spacial score (nSPS) is 9.87. The molecule has 0 N–H and O–H groups in total. The molecule has 0 saturated heterocycles. The molecule has 0 saturated carbocycles. The van der Waals surface area contributed by atoms with Crippen molar-refractivity contribution in [2.75, 3.05) is 21.3 Å². The fourth-order valence-electron chi connectivity index (χ4n) is 2.07. The first-order chi connectivity index (χ1) is 11.2. The van der Waals surface area contributed by atoms with Crippen LogP contribution in [0.2, 0.25) is 0 Å². The van der Waals surface area contributed by atoms with Crippen LogP contribution in [-0.4, -0.2) is 27.6 Å². The third kappa shape index (κ3) is 3.45. The molecule has 0 spiro atoms. The summed E-state index contributed by atoms with van der Waals surface area (Å²) in [5.74, 6) is 2.19. The summed E-state index contributed by atoms with van der Waals surface area (Å²) < 4.78 is 21.9. The Balaban J connectivity index is 2.51. The van der Waals surface area contributed by atoms with Gasteiger partial charge in [-0.3, -0.25) is 4.79 Å². The second kappa shape index (κ2) is 7.35. The van der Waals surface area contributed by atoms with Crippen molar-refractivity contribution in [3.8, 4) is 28.7 Å². The maximum atomic E-state index is 11.0. The SMILES string of the molecule is C=Cc1ccc(Oc2c(OC)cc(C=O)cc2OC)c(OC)c1. The van der Waals surface area contributed by atoms with E-state index in [1.54, 1.807) is 37.5 Å². The minimum Gasteiger partial charge on any atom is -0.493 e. The molecule has 0 aromatic heterocycles. The molecule has 0 unspecified atom stereocenters. The summed E-state index contributed by atoms with van der Waals surface area (Å²) in [5, 5.41) is 0. The van der Waals surface area contributed by atoms with E-state index in [0.29, 0.717) is 40.6 Å². The third-order valence-electron chi connectivity index (χ3n) is 3.25. The first kappa shape index (κ1) is 16.4. The molecule has 0 amide bonds. The van der Waals surface area contributed by atoms with Crippen molar-refractivity contribution >= 4 is 12.4 Å². The van der Waals surface area contributed by atoms with Gasteiger partial charge in [-0.15, -0.1) is 0 Å². The Kier molecular flexibility index (Phi) is 5.25. The Morgan fingerprint density at radius 2 is 1.39 bits per heavy atom. The van der Waals surface area contributed by atoms with Crippen molar-refractivity contribution in [1.29, 1.82) is 0 Å². The van der Waals surface area contributed by atoms with E-state index in [-0.39, 0.29) is 0 Å². The molecule has 2 aromatic carbocycles. The van der Waals surface area contributed by atoms with E-state index in [1.807, 2.05) is 6.07 Å². The van der Waals surface area contributed by atoms with Crippen LogP contribution in [0.5, 0.6) is 28.7 Å². The lowest BCUT2D eigenvalue weighted by molar-refractivity contribution is 0.112. The summed E-state index contributed by atoms with van der Waals surface area (Å²) >= 11 is 0. The van der Waals surface area contributed by atoms with Crippen molar-refractivity contribution in [2.24, 2.45) is 0 Å². The zero-order chi connectivity index (χ0) is 16.8. The summed E-state index contributed by atoms with van der Waals surface area (Å²) in [6, 6.07) is 8.58. The van der Waals surface area contributed by atoms with Crippen LogP contribution in [0, 0.1) is 0 Å². The fraction of sp³-hybridized carbons (Fsp3) is 0.167. The Labute approximate surface area is 135 Å². The molecule has 0 fully saturated rings. The highest BCUT2D eigenvalue weighted by molar-refractivity contribution is 5.78. The fourth-order valence-corrected chi connectivity index (χ4v) is 2.07. The van der Waals surface area contributed by atoms with Gasteiger partial charge in [0, 0.05) is 5.56 Å². The number of carbonyl (C=O) groups is 1. The molecule has 0 heterocycles. The summed E-state index contributed by atoms with van der Waals surface area (Å²) in [5.41, 5.74) is 1.34. The summed E-state index contributed by atoms with van der Waals surface area (Å²) in [4.78, 5) is 11.0. The number of carbonyl (C=O) groups excluding carboxylic acids is 1. The van der Waals surface area contributed by atoms with Crippen LogP contribution in [0.15, 0.2) is 36.9 Å². The van der Waals surface area contributed by atoms with Crippen LogP contribution in [0.25, 0.3) is 6.08 Å². The average Bonchev–Trinajstić information content (AvgIpc) is 2.61.